The number of carbonyl (C=O) groups is 1. The molecule has 0 saturated carbocycles. The molecule has 1 heterocycles. The number of benzene rings is 1. The number of esters is 1. The van der Waals surface area contributed by atoms with Crippen LogP contribution in [0.25, 0.3) is 0 Å². The lowest BCUT2D eigenvalue weighted by atomic mass is 9.86. The molecule has 0 bridgehead atoms. The van der Waals surface area contributed by atoms with E-state index in [1.54, 1.807) is 33.8 Å². The van der Waals surface area contributed by atoms with Gasteiger partial charge in [0.15, 0.2) is 0 Å². The predicted molar refractivity (Wildman–Crippen MR) is 89.3 cm³/mol. The molecule has 5 nitrogen and oxygen atoms in total. The number of hydrogen-bond donors (Lipinski definition) is 1. The standard InChI is InChI=1S/C16H19BF3N3O2/c1-3-25-15(24)14-22-12(13(19)20)7-23(14)8-16(2,21)10-6-9(17)4-5-11(10)18/h4-7,13H,3,8,17,21H2,1-2H3. The van der Waals surface area contributed by atoms with Crippen molar-refractivity contribution in [3.05, 3.63) is 47.3 Å². The highest BCUT2D eigenvalue weighted by Gasteiger charge is 2.29. The van der Waals surface area contributed by atoms with Crippen LogP contribution >= 0.6 is 0 Å². The zero-order chi connectivity index (χ0) is 18.8. The average molecular weight is 353 g/mol. The van der Waals surface area contributed by atoms with Crippen LogP contribution in [0.5, 0.6) is 0 Å². The minimum absolute atomic E-state index is 0.0715. The van der Waals surface area contributed by atoms with Crippen molar-refractivity contribution in [1.29, 1.82) is 0 Å². The summed E-state index contributed by atoms with van der Waals surface area (Å²) >= 11 is 0. The summed E-state index contributed by atoms with van der Waals surface area (Å²) in [4.78, 5) is 15.6. The molecule has 1 atom stereocenters. The topological polar surface area (TPSA) is 70.1 Å². The third kappa shape index (κ3) is 4.22. The highest BCUT2D eigenvalue weighted by Crippen LogP contribution is 2.25. The number of imidazole rings is 1. The maximum Gasteiger partial charge on any atom is 0.374 e. The van der Waals surface area contributed by atoms with Crippen LogP contribution in [0.4, 0.5) is 13.2 Å². The van der Waals surface area contributed by atoms with Gasteiger partial charge in [-0.15, -0.1) is 0 Å². The first-order valence-corrected chi connectivity index (χ1v) is 7.73. The quantitative estimate of drug-likeness (QED) is 0.627. The molecule has 1 aromatic heterocycles. The molecular weight excluding hydrogens is 334 g/mol. The first kappa shape index (κ1) is 19.0. The van der Waals surface area contributed by atoms with E-state index in [1.165, 1.54) is 10.6 Å². The molecule has 0 radical (unpaired) electrons. The number of nitrogens with two attached hydrogens (primary N) is 1. The highest BCUT2D eigenvalue weighted by molar-refractivity contribution is 6.32. The minimum Gasteiger partial charge on any atom is -0.460 e. The Hall–Kier alpha value is -2.29. The Bertz CT molecular complexity index is 778. The average Bonchev–Trinajstić information content (AvgIpc) is 2.93. The minimum atomic E-state index is -2.85. The van der Waals surface area contributed by atoms with Crippen LogP contribution in [-0.2, 0) is 16.8 Å². The van der Waals surface area contributed by atoms with Crippen molar-refractivity contribution >= 4 is 19.3 Å². The van der Waals surface area contributed by atoms with E-state index in [0.717, 1.165) is 11.7 Å². The van der Waals surface area contributed by atoms with Gasteiger partial charge in [0, 0.05) is 18.3 Å². The maximum atomic E-state index is 14.2. The summed E-state index contributed by atoms with van der Waals surface area (Å²) in [5, 5.41) is 0. The third-order valence-electron chi connectivity index (χ3n) is 3.71. The number of rotatable bonds is 6. The second-order valence-corrected chi connectivity index (χ2v) is 6.04. The highest BCUT2D eigenvalue weighted by atomic mass is 19.3. The molecule has 0 aliphatic heterocycles. The van der Waals surface area contributed by atoms with E-state index in [4.69, 9.17) is 10.5 Å². The van der Waals surface area contributed by atoms with Gasteiger partial charge in [-0.1, -0.05) is 17.6 Å². The van der Waals surface area contributed by atoms with E-state index in [-0.39, 0.29) is 24.5 Å². The summed E-state index contributed by atoms with van der Waals surface area (Å²) in [6.07, 6.45) is -1.82. The molecule has 1 aromatic carbocycles. The van der Waals surface area contributed by atoms with Crippen molar-refractivity contribution in [3.63, 3.8) is 0 Å². The predicted octanol–water partition coefficient (Wildman–Crippen LogP) is 1.27. The summed E-state index contributed by atoms with van der Waals surface area (Å²) in [6, 6.07) is 4.48. The molecule has 0 fully saturated rings. The molecule has 2 N–H and O–H groups in total. The third-order valence-corrected chi connectivity index (χ3v) is 3.71. The van der Waals surface area contributed by atoms with Gasteiger partial charge < -0.3 is 15.0 Å². The largest absolute Gasteiger partial charge is 0.460 e. The lowest BCUT2D eigenvalue weighted by molar-refractivity contribution is 0.0504. The number of nitrogens with zero attached hydrogens (tertiary/aromatic N) is 2. The van der Waals surface area contributed by atoms with E-state index in [2.05, 4.69) is 4.98 Å². The Balaban J connectivity index is 2.43. The molecule has 134 valence electrons. The fraction of sp³-hybridized carbons (Fsp3) is 0.375. The van der Waals surface area contributed by atoms with E-state index < -0.39 is 29.4 Å². The van der Waals surface area contributed by atoms with Crippen molar-refractivity contribution in [2.24, 2.45) is 5.73 Å². The first-order chi connectivity index (χ1) is 11.7. The molecular formula is C16H19BF3N3O2. The van der Waals surface area contributed by atoms with Crippen LogP contribution in [0.3, 0.4) is 0 Å². The van der Waals surface area contributed by atoms with Crippen LogP contribution in [0, 0.1) is 5.82 Å². The first-order valence-electron chi connectivity index (χ1n) is 7.73. The lowest BCUT2D eigenvalue weighted by Crippen LogP contribution is -2.40. The zero-order valence-electron chi connectivity index (χ0n) is 14.2. The van der Waals surface area contributed by atoms with E-state index >= 15 is 0 Å². The van der Waals surface area contributed by atoms with Gasteiger partial charge in [0.05, 0.1) is 12.1 Å². The molecule has 0 spiro atoms. The molecule has 0 amide bonds. The number of hydrogen-bond acceptors (Lipinski definition) is 4. The molecule has 0 saturated heterocycles. The van der Waals surface area contributed by atoms with Crippen molar-refractivity contribution in [3.8, 4) is 0 Å². The maximum absolute atomic E-state index is 14.2. The van der Waals surface area contributed by atoms with Gasteiger partial charge in [-0.05, 0) is 19.9 Å². The summed E-state index contributed by atoms with van der Waals surface area (Å²) in [5.74, 6) is -1.64. The second kappa shape index (κ2) is 7.31. The number of carbonyl (C=O) groups excluding carboxylic acids is 1. The SMILES string of the molecule is Bc1ccc(F)c(C(C)(N)Cn2cc(C(F)F)nc2C(=O)OCC)c1. The van der Waals surface area contributed by atoms with E-state index in [0.29, 0.717) is 0 Å². The van der Waals surface area contributed by atoms with Crippen LogP contribution in [0.2, 0.25) is 0 Å². The molecule has 25 heavy (non-hydrogen) atoms. The number of ether oxygens (including phenoxy) is 1. The smallest absolute Gasteiger partial charge is 0.374 e. The molecule has 2 aromatic rings. The van der Waals surface area contributed by atoms with Gasteiger partial charge in [-0.3, -0.25) is 0 Å². The number of aromatic nitrogens is 2. The van der Waals surface area contributed by atoms with Gasteiger partial charge >= 0.3 is 5.97 Å². The fourth-order valence-electron chi connectivity index (χ4n) is 2.54. The van der Waals surface area contributed by atoms with E-state index in [9.17, 15) is 18.0 Å². The Kier molecular flexibility index (Phi) is 5.57. The van der Waals surface area contributed by atoms with Gasteiger partial charge in [0.2, 0.25) is 5.82 Å². The summed E-state index contributed by atoms with van der Waals surface area (Å²) in [5.41, 5.74) is 5.44. The number of halogens is 3. The van der Waals surface area contributed by atoms with Crippen LogP contribution in [0.1, 0.15) is 42.1 Å². The van der Waals surface area contributed by atoms with E-state index in [1.807, 2.05) is 0 Å². The molecule has 0 aliphatic rings. The van der Waals surface area contributed by atoms with Crippen LogP contribution < -0.4 is 11.2 Å². The lowest BCUT2D eigenvalue weighted by Gasteiger charge is -2.27. The van der Waals surface area contributed by atoms with Crippen molar-refractivity contribution in [1.82, 2.24) is 9.55 Å². The van der Waals surface area contributed by atoms with Gasteiger partial charge in [-0.25, -0.2) is 22.9 Å². The normalized spacial score (nSPS) is 13.7. The van der Waals surface area contributed by atoms with Crippen molar-refractivity contribution < 1.29 is 22.7 Å². The van der Waals surface area contributed by atoms with Crippen molar-refractivity contribution in [2.45, 2.75) is 32.4 Å². The van der Waals surface area contributed by atoms with Gasteiger partial charge in [-0.2, -0.15) is 0 Å². The second-order valence-electron chi connectivity index (χ2n) is 6.04. The molecule has 0 aliphatic carbocycles. The Morgan fingerprint density at radius 2 is 2.16 bits per heavy atom. The van der Waals surface area contributed by atoms with Gasteiger partial charge in [0.25, 0.3) is 6.43 Å². The number of alkyl halides is 2. The van der Waals surface area contributed by atoms with Crippen LogP contribution in [-0.4, -0.2) is 30.0 Å². The fourth-order valence-corrected chi connectivity index (χ4v) is 2.54. The van der Waals surface area contributed by atoms with Crippen molar-refractivity contribution in [2.75, 3.05) is 6.61 Å². The van der Waals surface area contributed by atoms with Gasteiger partial charge in [0.1, 0.15) is 19.4 Å². The summed E-state index contributed by atoms with van der Waals surface area (Å²) in [6.45, 7) is 3.10. The molecule has 2 rings (SSSR count). The Labute approximate surface area is 144 Å². The molecule has 9 heteroatoms. The monoisotopic (exact) mass is 353 g/mol. The Morgan fingerprint density at radius 3 is 2.76 bits per heavy atom. The zero-order valence-corrected chi connectivity index (χ0v) is 14.2. The van der Waals surface area contributed by atoms with Crippen LogP contribution in [0.15, 0.2) is 24.4 Å². The Morgan fingerprint density at radius 1 is 1.48 bits per heavy atom. The summed E-state index contributed by atoms with van der Waals surface area (Å²) in [7, 11) is 1.79. The molecule has 1 unspecified atom stereocenters. The summed E-state index contributed by atoms with van der Waals surface area (Å²) < 4.78 is 46.1.